The molecule has 0 spiro atoms. The molecule has 0 aliphatic carbocycles. The molecule has 1 atom stereocenters. The van der Waals surface area contributed by atoms with Crippen molar-refractivity contribution < 1.29 is 24.7 Å². The number of rotatable bonds is 12. The van der Waals surface area contributed by atoms with Crippen LogP contribution in [-0.4, -0.2) is 64.5 Å². The third-order valence-corrected chi connectivity index (χ3v) is 19.2. The first-order valence-electron chi connectivity index (χ1n) is 6.95. The van der Waals surface area contributed by atoms with Gasteiger partial charge in [0.2, 0.25) is 29.3 Å². The van der Waals surface area contributed by atoms with E-state index in [1.165, 1.54) is 0 Å². The van der Waals surface area contributed by atoms with Crippen LogP contribution in [0, 0.1) is 0 Å². The van der Waals surface area contributed by atoms with Gasteiger partial charge in [0.25, 0.3) is 0 Å². The van der Waals surface area contributed by atoms with E-state index in [0.717, 1.165) is 0 Å². The fourth-order valence-corrected chi connectivity index (χ4v) is 19.0. The van der Waals surface area contributed by atoms with E-state index in [1.54, 1.807) is 0 Å². The van der Waals surface area contributed by atoms with E-state index < -0.39 is 35.2 Å². The topological polar surface area (TPSA) is 55.4 Å². The van der Waals surface area contributed by atoms with Gasteiger partial charge in [-0.2, -0.15) is 0 Å². The van der Waals surface area contributed by atoms with Gasteiger partial charge in [-0.3, -0.25) is 0 Å². The second-order valence-electron chi connectivity index (χ2n) is 5.38. The fraction of sp³-hybridized carbons (Fsp3) is 1.00. The Hall–Kier alpha value is 0.278. The van der Waals surface area contributed by atoms with E-state index >= 15 is 0 Å². The molecule has 0 bridgehead atoms. The molecule has 23 heavy (non-hydrogen) atoms. The zero-order valence-electron chi connectivity index (χ0n) is 15.7. The molecule has 0 aromatic rings. The van der Waals surface area contributed by atoms with Gasteiger partial charge in [-0.05, 0) is 52.4 Å². The first-order valence-corrected chi connectivity index (χ1v) is 20.8. The van der Waals surface area contributed by atoms with Gasteiger partial charge in [-0.25, -0.2) is 0 Å². The molecule has 0 heterocycles. The zero-order valence-corrected chi connectivity index (χ0v) is 29.1. The van der Waals surface area contributed by atoms with Crippen molar-refractivity contribution in [2.24, 2.45) is 0 Å². The smallest absolute Gasteiger partial charge is 0.437 e. The summed E-state index contributed by atoms with van der Waals surface area (Å²) in [5.74, 6) is 0. The average Bonchev–Trinajstić information content (AvgIpc) is 2.25. The molecule has 6 nitrogen and oxygen atoms in total. The van der Waals surface area contributed by atoms with E-state index in [2.05, 4.69) is 0 Å². The quantitative estimate of drug-likeness (QED) is 0.293. The Morgan fingerprint density at radius 3 is 1.57 bits per heavy atom. The molecule has 14 heteroatoms. The van der Waals surface area contributed by atoms with Crippen LogP contribution in [0.2, 0.25) is 58.9 Å². The van der Waals surface area contributed by atoms with Crippen molar-refractivity contribution in [1.82, 2.24) is 0 Å². The van der Waals surface area contributed by atoms with Crippen LogP contribution in [0.25, 0.3) is 0 Å². The summed E-state index contributed by atoms with van der Waals surface area (Å²) in [5.41, 5.74) is 0. The van der Waals surface area contributed by atoms with Crippen LogP contribution in [0.1, 0.15) is 0 Å². The Morgan fingerprint density at radius 1 is 0.696 bits per heavy atom. The van der Waals surface area contributed by atoms with Crippen LogP contribution >= 0.6 is 0 Å². The van der Waals surface area contributed by atoms with Gasteiger partial charge in [0.15, 0.2) is 0 Å². The molecule has 7 radical (unpaired) electrons. The van der Waals surface area contributed by atoms with Crippen molar-refractivity contribution in [3.63, 3.8) is 0 Å². The maximum absolute atomic E-state index is 6.20. The van der Waals surface area contributed by atoms with Crippen molar-refractivity contribution in [3.05, 3.63) is 0 Å². The molecule has 0 fully saturated rings. The Morgan fingerprint density at radius 2 is 1.13 bits per heavy atom. The van der Waals surface area contributed by atoms with E-state index in [0.29, 0.717) is 29.3 Å². The van der Waals surface area contributed by atoms with Gasteiger partial charge in [0, 0.05) is 6.55 Å². The predicted molar refractivity (Wildman–Crippen MR) is 99.6 cm³/mol. The third-order valence-electron chi connectivity index (χ3n) is 2.13. The molecule has 129 valence electrons. The molecule has 0 aromatic carbocycles. The van der Waals surface area contributed by atoms with Crippen molar-refractivity contribution >= 4 is 64.5 Å². The molecule has 0 aliphatic rings. The van der Waals surface area contributed by atoms with Gasteiger partial charge in [0.05, 0.1) is 0 Å². The zero-order chi connectivity index (χ0) is 17.4. The minimum absolute atomic E-state index is 0. The Kier molecular flexibility index (Phi) is 12.2. The van der Waals surface area contributed by atoms with Crippen molar-refractivity contribution in [2.75, 3.05) is 0 Å². The summed E-state index contributed by atoms with van der Waals surface area (Å²) in [4.78, 5) is 0. The largest absolute Gasteiger partial charge is 0.469 e. The number of hydrogen-bond donors (Lipinski definition) is 0. The summed E-state index contributed by atoms with van der Waals surface area (Å²) in [7, 11) is -7.52. The molecule has 0 N–H and O–H groups in total. The maximum Gasteiger partial charge on any atom is 0.469 e. The summed E-state index contributed by atoms with van der Waals surface area (Å²) >= 11 is 0. The van der Waals surface area contributed by atoms with Crippen LogP contribution in [0.3, 0.4) is 0 Å². The molecule has 0 saturated heterocycles. The van der Waals surface area contributed by atoms with Gasteiger partial charge in [-0.15, -0.1) is 0 Å². The van der Waals surface area contributed by atoms with Crippen LogP contribution in [0.5, 0.6) is 0 Å². The normalized spacial score (nSPS) is 15.4. The minimum atomic E-state index is -2.77. The first kappa shape index (κ1) is 25.5. The monoisotopic (exact) mass is 694 g/mol. The fourth-order valence-electron chi connectivity index (χ4n) is 1.86. The number of hydrogen-bond acceptors (Lipinski definition) is 6. The minimum Gasteiger partial charge on any atom is -0.437 e. The summed E-state index contributed by atoms with van der Waals surface area (Å²) < 4.78 is 35.7. The van der Waals surface area contributed by atoms with Gasteiger partial charge >= 0.3 is 35.2 Å². The third kappa shape index (κ3) is 11.5. The molecule has 0 amide bonds. The molecule has 0 rings (SSSR count). The SMILES string of the molecule is C[Si]O[Si](C)(C)O[Si](C)O[Si](C)(O[Si]C)O[Si](C)(C)O[Si]C.[Rf]. The second kappa shape index (κ2) is 11.0. The van der Waals surface area contributed by atoms with Crippen LogP contribution in [0.15, 0.2) is 0 Å². The molecule has 1 unspecified atom stereocenters. The summed E-state index contributed by atoms with van der Waals surface area (Å²) in [5, 5.41) is 0. The summed E-state index contributed by atoms with van der Waals surface area (Å²) in [6.45, 7) is 18.0. The predicted octanol–water partition coefficient (Wildman–Crippen LogP) is 2.18. The van der Waals surface area contributed by atoms with Crippen molar-refractivity contribution in [1.29, 1.82) is 0 Å². The van der Waals surface area contributed by atoms with E-state index in [-0.39, 0.29) is 0 Å². The van der Waals surface area contributed by atoms with E-state index in [9.17, 15) is 0 Å². The van der Waals surface area contributed by atoms with Gasteiger partial charge < -0.3 is 24.7 Å². The summed E-state index contributed by atoms with van der Waals surface area (Å²) in [6, 6.07) is 0. The van der Waals surface area contributed by atoms with Crippen molar-refractivity contribution in [2.45, 2.75) is 58.9 Å². The van der Waals surface area contributed by atoms with E-state index in [1.807, 2.05) is 58.9 Å². The van der Waals surface area contributed by atoms with Gasteiger partial charge in [0.1, 0.15) is 0 Å². The first-order chi connectivity index (χ1) is 9.99. The van der Waals surface area contributed by atoms with Crippen molar-refractivity contribution in [3.8, 4) is 0 Å². The Balaban J connectivity index is 0. The Bertz CT molecular complexity index is 327. The van der Waals surface area contributed by atoms with Crippen LogP contribution in [-0.2, 0) is 24.7 Å². The second-order valence-corrected chi connectivity index (χ2v) is 19.8. The molecular weight excluding hydrogens is 668 g/mol. The molecule has 0 saturated carbocycles. The molecular formula is C9H27O6RfSi7. The van der Waals surface area contributed by atoms with Crippen LogP contribution in [0.4, 0.5) is 0 Å². The van der Waals surface area contributed by atoms with Gasteiger partial charge in [-0.1, -0.05) is 0 Å². The molecule has 0 aromatic heterocycles. The standard InChI is InChI=1S/C9H27O6Si7.Rf/c1-16-10-20(5,6)13-19(4)14-22(9,12-18-3)15-21(7,8)11-17-2;/h1-9H3;. The summed E-state index contributed by atoms with van der Waals surface area (Å²) in [6.07, 6.45) is 0. The average molecular weight is 695 g/mol. The molecule has 0 aliphatic heterocycles. The Labute approximate surface area is 148 Å². The van der Waals surface area contributed by atoms with E-state index in [4.69, 9.17) is 24.7 Å². The van der Waals surface area contributed by atoms with Crippen LogP contribution < -0.4 is 0 Å². The maximum atomic E-state index is 6.20.